The van der Waals surface area contributed by atoms with Gasteiger partial charge in [0.15, 0.2) is 0 Å². The molecule has 1 amide bonds. The molecule has 3 aromatic rings. The van der Waals surface area contributed by atoms with Gasteiger partial charge in [-0.05, 0) is 23.6 Å². The minimum atomic E-state index is -1.12. The Bertz CT molecular complexity index is 1180. The number of fused-ring (bicyclic) bond motifs is 1. The van der Waals surface area contributed by atoms with E-state index in [1.54, 1.807) is 6.92 Å². The molecule has 0 spiro atoms. The lowest BCUT2D eigenvalue weighted by Crippen LogP contribution is -2.63. The number of carboxylic acids is 1. The summed E-state index contributed by atoms with van der Waals surface area (Å²) in [6.07, 6.45) is -0.840. The summed E-state index contributed by atoms with van der Waals surface area (Å²) < 4.78 is -0.748. The predicted octanol–water partition coefficient (Wildman–Crippen LogP) is 4.87. The summed E-state index contributed by atoms with van der Waals surface area (Å²) in [6, 6.07) is 29.8. The van der Waals surface area contributed by atoms with Crippen LogP contribution in [0.1, 0.15) is 30.5 Å². The van der Waals surface area contributed by atoms with Gasteiger partial charge in [0.05, 0.1) is 22.8 Å². The largest absolute Gasteiger partial charge is 0.477 e. The number of aliphatic hydroxyl groups is 1. The molecule has 2 N–H and O–H groups in total. The summed E-state index contributed by atoms with van der Waals surface area (Å²) >= 11 is 1.49. The van der Waals surface area contributed by atoms with Crippen molar-refractivity contribution in [3.8, 4) is 0 Å². The van der Waals surface area contributed by atoms with E-state index in [4.69, 9.17) is 0 Å². The topological polar surface area (TPSA) is 77.8 Å². The van der Waals surface area contributed by atoms with Crippen LogP contribution in [0.3, 0.4) is 0 Å². The van der Waals surface area contributed by atoms with Crippen molar-refractivity contribution in [1.29, 1.82) is 0 Å². The Morgan fingerprint density at radius 2 is 1.31 bits per heavy atom. The Labute approximate surface area is 209 Å². The highest BCUT2D eigenvalue weighted by Crippen LogP contribution is 2.58. The quantitative estimate of drug-likeness (QED) is 0.369. The van der Waals surface area contributed by atoms with Crippen molar-refractivity contribution in [3.05, 3.63) is 118 Å². The number of carboxylic acid groups (broad SMARTS) is 1. The van der Waals surface area contributed by atoms with Crippen LogP contribution in [-0.2, 0) is 14.3 Å². The van der Waals surface area contributed by atoms with E-state index in [1.165, 1.54) is 16.7 Å². The number of β-lactam (4-membered cyclic amide) rings is 1. The second kappa shape index (κ2) is 9.02. The van der Waals surface area contributed by atoms with Crippen molar-refractivity contribution in [2.75, 3.05) is 0 Å². The molecular formula is C29H27NO4S. The smallest absolute Gasteiger partial charge is 0.353 e. The minimum Gasteiger partial charge on any atom is -0.477 e. The molecule has 178 valence electrons. The van der Waals surface area contributed by atoms with E-state index in [0.717, 1.165) is 16.7 Å². The number of amides is 1. The number of aliphatic carboxylic acids is 1. The first kappa shape index (κ1) is 23.4. The molecule has 0 radical (unpaired) electrons. The third-order valence-corrected chi connectivity index (χ3v) is 8.91. The number of nitrogens with zero attached hydrogens (tertiary/aromatic N) is 1. The molecule has 0 aromatic heterocycles. The summed E-state index contributed by atoms with van der Waals surface area (Å²) in [5.41, 5.74) is 3.07. The molecule has 6 heteroatoms. The van der Waals surface area contributed by atoms with Crippen LogP contribution >= 0.6 is 11.8 Å². The lowest BCUT2D eigenvalue weighted by atomic mass is 9.79. The van der Waals surface area contributed by atoms with Crippen molar-refractivity contribution in [3.63, 3.8) is 0 Å². The van der Waals surface area contributed by atoms with Gasteiger partial charge in [-0.3, -0.25) is 4.79 Å². The Morgan fingerprint density at radius 1 is 0.886 bits per heavy atom. The van der Waals surface area contributed by atoms with E-state index >= 15 is 0 Å². The zero-order chi connectivity index (χ0) is 24.7. The second-order valence-electron chi connectivity index (χ2n) is 9.15. The number of carbonyl (C=O) groups excluding carboxylic acids is 1. The summed E-state index contributed by atoms with van der Waals surface area (Å²) in [5, 5.41) is 20.5. The molecule has 0 unspecified atom stereocenters. The standard InChI is InChI=1S/C29H27NO4S/c1-18-24-23(19(2)31)27(32)30(24)25(28(33)34)26(18)35-29(20-12-6-3-7-13-20,21-14-8-4-9-15-21)22-16-10-5-11-17-22/h3-19,23-24,31H,1-2H3,(H,33,34)/t18-,19-,23-,24-/m1/s1. The number of carbonyl (C=O) groups is 2. The van der Waals surface area contributed by atoms with Gasteiger partial charge in [-0.2, -0.15) is 0 Å². The molecule has 4 atom stereocenters. The highest BCUT2D eigenvalue weighted by molar-refractivity contribution is 8.04. The molecule has 3 aromatic carbocycles. The van der Waals surface area contributed by atoms with Crippen LogP contribution in [0.15, 0.2) is 102 Å². The van der Waals surface area contributed by atoms with Crippen LogP contribution in [0.25, 0.3) is 0 Å². The van der Waals surface area contributed by atoms with E-state index < -0.39 is 22.7 Å². The predicted molar refractivity (Wildman–Crippen MR) is 136 cm³/mol. The molecule has 0 aliphatic carbocycles. The van der Waals surface area contributed by atoms with Crippen LogP contribution in [-0.4, -0.2) is 39.1 Å². The third-order valence-electron chi connectivity index (χ3n) is 7.12. The molecule has 2 aliphatic rings. The number of aliphatic hydroxyl groups excluding tert-OH is 1. The van der Waals surface area contributed by atoms with Crippen LogP contribution in [0, 0.1) is 11.8 Å². The van der Waals surface area contributed by atoms with E-state index in [2.05, 4.69) is 36.4 Å². The van der Waals surface area contributed by atoms with E-state index in [1.807, 2.05) is 61.5 Å². The lowest BCUT2D eigenvalue weighted by Gasteiger charge is -2.46. The van der Waals surface area contributed by atoms with Crippen LogP contribution in [0.2, 0.25) is 0 Å². The normalized spacial score (nSPS) is 22.5. The molecule has 0 bridgehead atoms. The molecule has 35 heavy (non-hydrogen) atoms. The van der Waals surface area contributed by atoms with Gasteiger partial charge in [0.1, 0.15) is 5.70 Å². The first-order valence-corrected chi connectivity index (χ1v) is 12.5. The van der Waals surface area contributed by atoms with Crippen molar-refractivity contribution in [1.82, 2.24) is 4.90 Å². The highest BCUT2D eigenvalue weighted by Gasteiger charge is 2.61. The molecular weight excluding hydrogens is 458 g/mol. The van der Waals surface area contributed by atoms with Crippen LogP contribution in [0.5, 0.6) is 0 Å². The molecule has 1 fully saturated rings. The van der Waals surface area contributed by atoms with E-state index in [0.29, 0.717) is 4.91 Å². The Kier molecular flexibility index (Phi) is 6.03. The molecule has 5 rings (SSSR count). The van der Waals surface area contributed by atoms with Gasteiger partial charge < -0.3 is 15.1 Å². The lowest BCUT2D eigenvalue weighted by molar-refractivity contribution is -0.163. The first-order valence-electron chi connectivity index (χ1n) is 11.7. The molecule has 1 saturated heterocycles. The first-order chi connectivity index (χ1) is 16.9. The maximum atomic E-state index is 12.9. The fourth-order valence-corrected chi connectivity index (χ4v) is 7.22. The van der Waals surface area contributed by atoms with Gasteiger partial charge in [-0.15, -0.1) is 11.8 Å². The maximum Gasteiger partial charge on any atom is 0.353 e. The highest BCUT2D eigenvalue weighted by atomic mass is 32.2. The third kappa shape index (κ3) is 3.60. The molecule has 2 heterocycles. The van der Waals surface area contributed by atoms with Gasteiger partial charge >= 0.3 is 5.97 Å². The molecule has 5 nitrogen and oxygen atoms in total. The number of thioether (sulfide) groups is 1. The monoisotopic (exact) mass is 485 g/mol. The Balaban J connectivity index is 1.75. The van der Waals surface area contributed by atoms with Crippen molar-refractivity contribution < 1.29 is 19.8 Å². The summed E-state index contributed by atoms with van der Waals surface area (Å²) in [7, 11) is 0. The fourth-order valence-electron chi connectivity index (χ4n) is 5.52. The van der Waals surface area contributed by atoms with Gasteiger partial charge in [0, 0.05) is 10.8 Å². The Morgan fingerprint density at radius 3 is 1.69 bits per heavy atom. The van der Waals surface area contributed by atoms with E-state index in [-0.39, 0.29) is 23.6 Å². The molecule has 0 saturated carbocycles. The van der Waals surface area contributed by atoms with Crippen molar-refractivity contribution in [2.45, 2.75) is 30.7 Å². The average molecular weight is 486 g/mol. The minimum absolute atomic E-state index is 0.0292. The second-order valence-corrected chi connectivity index (χ2v) is 10.4. The number of benzene rings is 3. The van der Waals surface area contributed by atoms with Crippen molar-refractivity contribution >= 4 is 23.6 Å². The number of hydrogen-bond acceptors (Lipinski definition) is 4. The number of rotatable bonds is 7. The fraction of sp³-hybridized carbons (Fsp3) is 0.241. The Hall–Kier alpha value is -3.35. The van der Waals surface area contributed by atoms with E-state index in [9.17, 15) is 19.8 Å². The van der Waals surface area contributed by atoms with Gasteiger partial charge in [0.2, 0.25) is 5.91 Å². The summed E-state index contributed by atoms with van der Waals surface area (Å²) in [4.78, 5) is 27.5. The van der Waals surface area contributed by atoms with Crippen LogP contribution in [0.4, 0.5) is 0 Å². The van der Waals surface area contributed by atoms with Gasteiger partial charge in [-0.1, -0.05) is 97.9 Å². The van der Waals surface area contributed by atoms with Gasteiger partial charge in [-0.25, -0.2) is 4.79 Å². The zero-order valence-electron chi connectivity index (χ0n) is 19.5. The SMILES string of the molecule is C[C@@H](O)[C@H]1C(=O)N2C(C(=O)O)=C(SC(c3ccccc3)(c3ccccc3)c3ccccc3)[C@H](C)[C@H]12. The average Bonchev–Trinajstić information content (AvgIpc) is 3.11. The van der Waals surface area contributed by atoms with Crippen molar-refractivity contribution in [2.24, 2.45) is 11.8 Å². The number of hydrogen-bond donors (Lipinski definition) is 2. The summed E-state index contributed by atoms with van der Waals surface area (Å²) in [6.45, 7) is 3.56. The maximum absolute atomic E-state index is 12.9. The van der Waals surface area contributed by atoms with Crippen LogP contribution < -0.4 is 0 Å². The van der Waals surface area contributed by atoms with Gasteiger partial charge in [0.25, 0.3) is 0 Å². The molecule has 2 aliphatic heterocycles. The summed E-state index contributed by atoms with van der Waals surface area (Å²) in [5.74, 6) is -2.28. The zero-order valence-corrected chi connectivity index (χ0v) is 20.4.